The molecule has 0 aliphatic rings. The lowest BCUT2D eigenvalue weighted by atomic mass is 10.1. The normalized spacial score (nSPS) is 12.1. The van der Waals surface area contributed by atoms with E-state index < -0.39 is 23.4 Å². The summed E-state index contributed by atoms with van der Waals surface area (Å²) in [4.78, 5) is 23.0. The topological polar surface area (TPSA) is 99.3 Å². The molecule has 0 aliphatic heterocycles. The van der Waals surface area contributed by atoms with Crippen LogP contribution in [0.4, 0.5) is 20.2 Å². The molecule has 0 radical (unpaired) electrons. The van der Waals surface area contributed by atoms with Crippen molar-refractivity contribution in [2.24, 2.45) is 5.92 Å². The molecule has 0 bridgehead atoms. The lowest BCUT2D eigenvalue weighted by Gasteiger charge is -2.16. The average molecular weight is 382 g/mol. The minimum Gasteiger partial charge on any atom is -0.433 e. The van der Waals surface area contributed by atoms with Gasteiger partial charge in [0.2, 0.25) is 5.91 Å². The number of anilines is 1. The molecule has 0 spiro atoms. The van der Waals surface area contributed by atoms with Crippen molar-refractivity contribution in [1.29, 1.82) is 0 Å². The monoisotopic (exact) mass is 382 g/mol. The van der Waals surface area contributed by atoms with Crippen LogP contribution < -0.4 is 10.1 Å². The SMILES string of the molecule is Cc1ccc(OC(F)F)c(NC(=O)C(C)Cn2nc(C)c([N+](=O)[O-])c2C)c1. The molecule has 2 rings (SSSR count). The molecule has 0 saturated carbocycles. The number of hydrogen-bond acceptors (Lipinski definition) is 5. The third kappa shape index (κ3) is 4.78. The van der Waals surface area contributed by atoms with E-state index in [1.54, 1.807) is 26.8 Å². The average Bonchev–Trinajstić information content (AvgIpc) is 2.83. The maximum absolute atomic E-state index is 12.5. The van der Waals surface area contributed by atoms with Crippen LogP contribution in [0.1, 0.15) is 23.9 Å². The van der Waals surface area contributed by atoms with Crippen LogP contribution in [0.2, 0.25) is 0 Å². The summed E-state index contributed by atoms with van der Waals surface area (Å²) in [7, 11) is 0. The first-order valence-electron chi connectivity index (χ1n) is 8.14. The molecular formula is C17H20F2N4O4. The van der Waals surface area contributed by atoms with Crippen LogP contribution >= 0.6 is 0 Å². The van der Waals surface area contributed by atoms with E-state index in [1.165, 1.54) is 23.7 Å². The Morgan fingerprint density at radius 2 is 2.04 bits per heavy atom. The lowest BCUT2D eigenvalue weighted by molar-refractivity contribution is -0.386. The fourth-order valence-electron chi connectivity index (χ4n) is 2.67. The number of amides is 1. The summed E-state index contributed by atoms with van der Waals surface area (Å²) >= 11 is 0. The molecule has 0 aliphatic carbocycles. The summed E-state index contributed by atoms with van der Waals surface area (Å²) in [5.41, 5.74) is 1.40. The molecule has 1 N–H and O–H groups in total. The largest absolute Gasteiger partial charge is 0.433 e. The molecule has 146 valence electrons. The predicted octanol–water partition coefficient (Wildman–Crippen LogP) is 3.59. The fraction of sp³-hybridized carbons (Fsp3) is 0.412. The van der Waals surface area contributed by atoms with Crippen molar-refractivity contribution >= 4 is 17.3 Å². The second-order valence-corrected chi connectivity index (χ2v) is 6.23. The predicted molar refractivity (Wildman–Crippen MR) is 94.0 cm³/mol. The van der Waals surface area contributed by atoms with E-state index in [2.05, 4.69) is 15.2 Å². The van der Waals surface area contributed by atoms with E-state index in [1.807, 2.05) is 0 Å². The smallest absolute Gasteiger partial charge is 0.387 e. The van der Waals surface area contributed by atoms with Gasteiger partial charge in [0.15, 0.2) is 0 Å². The minimum atomic E-state index is -3.02. The highest BCUT2D eigenvalue weighted by atomic mass is 19.3. The first-order chi connectivity index (χ1) is 12.6. The highest BCUT2D eigenvalue weighted by Gasteiger charge is 2.24. The molecule has 0 saturated heterocycles. The number of ether oxygens (including phenoxy) is 1. The molecule has 2 aromatic rings. The second-order valence-electron chi connectivity index (χ2n) is 6.23. The standard InChI is InChI=1S/C17H20F2N4O4/c1-9-5-6-14(27-17(18)19)13(7-9)20-16(24)10(2)8-22-12(4)15(23(25)26)11(3)21-22/h5-7,10,17H,8H2,1-4H3,(H,20,24). The van der Waals surface area contributed by atoms with Gasteiger partial charge in [-0.2, -0.15) is 13.9 Å². The quantitative estimate of drug-likeness (QED) is 0.583. The van der Waals surface area contributed by atoms with Gasteiger partial charge in [0.1, 0.15) is 17.1 Å². The molecule has 10 heteroatoms. The minimum absolute atomic E-state index is 0.0890. The zero-order valence-corrected chi connectivity index (χ0v) is 15.3. The zero-order chi connectivity index (χ0) is 20.3. The number of rotatable bonds is 7. The fourth-order valence-corrected chi connectivity index (χ4v) is 2.67. The van der Waals surface area contributed by atoms with E-state index in [9.17, 15) is 23.7 Å². The molecule has 1 unspecified atom stereocenters. The van der Waals surface area contributed by atoms with Crippen LogP contribution in [-0.4, -0.2) is 27.2 Å². The van der Waals surface area contributed by atoms with Crippen LogP contribution in [0.25, 0.3) is 0 Å². The van der Waals surface area contributed by atoms with Crippen molar-refractivity contribution < 1.29 is 23.2 Å². The van der Waals surface area contributed by atoms with Gasteiger partial charge < -0.3 is 10.1 Å². The molecule has 1 aromatic carbocycles. The summed E-state index contributed by atoms with van der Waals surface area (Å²) in [5.74, 6) is -1.21. The Morgan fingerprint density at radius 1 is 1.37 bits per heavy atom. The molecule has 8 nitrogen and oxygen atoms in total. The van der Waals surface area contributed by atoms with Gasteiger partial charge in [-0.25, -0.2) is 0 Å². The summed E-state index contributed by atoms with van der Waals surface area (Å²) in [6.45, 7) is 3.52. The van der Waals surface area contributed by atoms with Crippen molar-refractivity contribution in [2.45, 2.75) is 40.9 Å². The van der Waals surface area contributed by atoms with Gasteiger partial charge in [-0.3, -0.25) is 19.6 Å². The van der Waals surface area contributed by atoms with Crippen molar-refractivity contribution in [3.63, 3.8) is 0 Å². The number of alkyl halides is 2. The van der Waals surface area contributed by atoms with Crippen LogP contribution in [0, 0.1) is 36.8 Å². The van der Waals surface area contributed by atoms with Crippen LogP contribution in [0.5, 0.6) is 5.75 Å². The summed E-state index contributed by atoms with van der Waals surface area (Å²) in [6.07, 6.45) is 0. The molecule has 0 fully saturated rings. The van der Waals surface area contributed by atoms with E-state index >= 15 is 0 Å². The number of carbonyl (C=O) groups is 1. The number of halogens is 2. The molecule has 1 atom stereocenters. The zero-order valence-electron chi connectivity index (χ0n) is 15.3. The Hall–Kier alpha value is -3.04. The van der Waals surface area contributed by atoms with Crippen LogP contribution in [0.15, 0.2) is 18.2 Å². The van der Waals surface area contributed by atoms with E-state index in [-0.39, 0.29) is 29.4 Å². The summed E-state index contributed by atoms with van der Waals surface area (Å²) < 4.78 is 30.9. The van der Waals surface area contributed by atoms with E-state index in [0.29, 0.717) is 5.69 Å². The Morgan fingerprint density at radius 3 is 2.59 bits per heavy atom. The maximum Gasteiger partial charge on any atom is 0.387 e. The number of nitrogens with one attached hydrogen (secondary N) is 1. The number of aryl methyl sites for hydroxylation is 2. The highest BCUT2D eigenvalue weighted by Crippen LogP contribution is 2.28. The number of hydrogen-bond donors (Lipinski definition) is 1. The molecular weight excluding hydrogens is 362 g/mol. The third-order valence-corrected chi connectivity index (χ3v) is 4.03. The number of nitrogens with zero attached hydrogens (tertiary/aromatic N) is 3. The van der Waals surface area contributed by atoms with Crippen molar-refractivity contribution in [3.05, 3.63) is 45.3 Å². The Kier molecular flexibility index (Phi) is 6.09. The van der Waals surface area contributed by atoms with Gasteiger partial charge in [-0.1, -0.05) is 13.0 Å². The molecule has 27 heavy (non-hydrogen) atoms. The Labute approximate surface area is 154 Å². The van der Waals surface area contributed by atoms with Gasteiger partial charge in [-0.05, 0) is 38.5 Å². The second kappa shape index (κ2) is 8.11. The van der Waals surface area contributed by atoms with Gasteiger partial charge in [0.25, 0.3) is 0 Å². The van der Waals surface area contributed by atoms with Gasteiger partial charge in [0, 0.05) is 0 Å². The lowest BCUT2D eigenvalue weighted by Crippen LogP contribution is -2.25. The van der Waals surface area contributed by atoms with Crippen LogP contribution in [0.3, 0.4) is 0 Å². The van der Waals surface area contributed by atoms with Crippen LogP contribution in [-0.2, 0) is 11.3 Å². The van der Waals surface area contributed by atoms with E-state index in [0.717, 1.165) is 5.56 Å². The molecule has 1 heterocycles. The molecule has 1 amide bonds. The van der Waals surface area contributed by atoms with Crippen molar-refractivity contribution in [1.82, 2.24) is 9.78 Å². The summed E-state index contributed by atoms with van der Waals surface area (Å²) in [6, 6.07) is 4.47. The maximum atomic E-state index is 12.5. The number of benzene rings is 1. The number of nitro groups is 1. The van der Waals surface area contributed by atoms with Gasteiger partial charge in [-0.15, -0.1) is 0 Å². The third-order valence-electron chi connectivity index (χ3n) is 4.03. The number of carbonyl (C=O) groups excluding carboxylic acids is 1. The first kappa shape index (κ1) is 20.3. The van der Waals surface area contributed by atoms with E-state index in [4.69, 9.17) is 0 Å². The van der Waals surface area contributed by atoms with Gasteiger partial charge >= 0.3 is 12.3 Å². The Balaban J connectivity index is 2.16. The first-order valence-corrected chi connectivity index (χ1v) is 8.14. The number of aromatic nitrogens is 2. The Bertz CT molecular complexity index is 867. The summed E-state index contributed by atoms with van der Waals surface area (Å²) in [5, 5.41) is 17.7. The highest BCUT2D eigenvalue weighted by molar-refractivity contribution is 5.93. The van der Waals surface area contributed by atoms with Gasteiger partial charge in [0.05, 0.1) is 23.1 Å². The molecule has 1 aromatic heterocycles. The van der Waals surface area contributed by atoms with Crippen molar-refractivity contribution in [2.75, 3.05) is 5.32 Å². The van der Waals surface area contributed by atoms with Crippen molar-refractivity contribution in [3.8, 4) is 5.75 Å².